The normalized spacial score (nSPS) is 11.6. The van der Waals surface area contributed by atoms with Gasteiger partial charge in [-0.25, -0.2) is 4.98 Å². The van der Waals surface area contributed by atoms with Crippen molar-refractivity contribution in [3.05, 3.63) is 21.3 Å². The molecule has 0 aromatic carbocycles. The van der Waals surface area contributed by atoms with Gasteiger partial charge in [-0.15, -0.1) is 0 Å². The van der Waals surface area contributed by atoms with E-state index in [-0.39, 0.29) is 10.7 Å². The summed E-state index contributed by atoms with van der Waals surface area (Å²) < 4.78 is 5.08. The SMILES string of the molecule is COCC(C)(C)Nc1nc(Cl)c(Cl)cc1Cl. The van der Waals surface area contributed by atoms with Crippen molar-refractivity contribution in [2.24, 2.45) is 0 Å². The Hall–Kier alpha value is -0.220. The molecule has 1 heterocycles. The first-order chi connectivity index (χ1) is 7.35. The Balaban J connectivity index is 2.93. The van der Waals surface area contributed by atoms with Crippen LogP contribution in [0.3, 0.4) is 0 Å². The fourth-order valence-corrected chi connectivity index (χ4v) is 1.79. The van der Waals surface area contributed by atoms with E-state index in [2.05, 4.69) is 10.3 Å². The van der Waals surface area contributed by atoms with E-state index < -0.39 is 0 Å². The molecule has 0 saturated heterocycles. The highest BCUT2D eigenvalue weighted by Crippen LogP contribution is 2.30. The summed E-state index contributed by atoms with van der Waals surface area (Å²) >= 11 is 17.6. The molecule has 1 rings (SSSR count). The largest absolute Gasteiger partial charge is 0.382 e. The molecule has 1 aromatic heterocycles. The van der Waals surface area contributed by atoms with Crippen molar-refractivity contribution < 1.29 is 4.74 Å². The number of hydrogen-bond donors (Lipinski definition) is 1. The molecule has 0 aliphatic rings. The highest BCUT2D eigenvalue weighted by molar-refractivity contribution is 6.42. The average molecular weight is 284 g/mol. The van der Waals surface area contributed by atoms with Gasteiger partial charge in [0.15, 0.2) is 0 Å². The number of methoxy groups -OCH3 is 1. The molecule has 6 heteroatoms. The van der Waals surface area contributed by atoms with Crippen molar-refractivity contribution in [3.63, 3.8) is 0 Å². The van der Waals surface area contributed by atoms with E-state index in [1.807, 2.05) is 13.8 Å². The number of rotatable bonds is 4. The Morgan fingerprint density at radius 3 is 2.50 bits per heavy atom. The van der Waals surface area contributed by atoms with Crippen LogP contribution in [-0.2, 0) is 4.74 Å². The lowest BCUT2D eigenvalue weighted by Gasteiger charge is -2.26. The molecule has 16 heavy (non-hydrogen) atoms. The summed E-state index contributed by atoms with van der Waals surface area (Å²) in [6.07, 6.45) is 0. The van der Waals surface area contributed by atoms with Crippen molar-refractivity contribution in [1.29, 1.82) is 0 Å². The highest BCUT2D eigenvalue weighted by atomic mass is 35.5. The van der Waals surface area contributed by atoms with Gasteiger partial charge in [0.2, 0.25) is 0 Å². The Kier molecular flexibility index (Phi) is 4.68. The lowest BCUT2D eigenvalue weighted by Crippen LogP contribution is -2.36. The molecule has 1 N–H and O–H groups in total. The third kappa shape index (κ3) is 3.67. The molecule has 0 atom stereocenters. The van der Waals surface area contributed by atoms with Gasteiger partial charge in [0.1, 0.15) is 11.0 Å². The number of halogens is 3. The first-order valence-corrected chi connectivity index (χ1v) is 5.78. The van der Waals surface area contributed by atoms with Crippen LogP contribution >= 0.6 is 34.8 Å². The Morgan fingerprint density at radius 1 is 1.31 bits per heavy atom. The maximum atomic E-state index is 6.00. The van der Waals surface area contributed by atoms with E-state index in [4.69, 9.17) is 39.5 Å². The van der Waals surface area contributed by atoms with Crippen molar-refractivity contribution in [1.82, 2.24) is 4.98 Å². The van der Waals surface area contributed by atoms with E-state index in [1.54, 1.807) is 13.2 Å². The van der Waals surface area contributed by atoms with Crippen molar-refractivity contribution in [2.75, 3.05) is 19.0 Å². The molecule has 0 amide bonds. The average Bonchev–Trinajstić information content (AvgIpc) is 2.13. The molecule has 0 aliphatic carbocycles. The smallest absolute Gasteiger partial charge is 0.150 e. The van der Waals surface area contributed by atoms with Crippen LogP contribution < -0.4 is 5.32 Å². The predicted molar refractivity (Wildman–Crippen MR) is 68.8 cm³/mol. The molecule has 1 aromatic rings. The second kappa shape index (κ2) is 5.41. The van der Waals surface area contributed by atoms with Gasteiger partial charge in [-0.3, -0.25) is 0 Å². The van der Waals surface area contributed by atoms with Crippen LogP contribution in [0.15, 0.2) is 6.07 Å². The molecular weight excluding hydrogens is 270 g/mol. The molecule has 0 bridgehead atoms. The zero-order valence-electron chi connectivity index (χ0n) is 9.27. The van der Waals surface area contributed by atoms with Crippen LogP contribution in [0.2, 0.25) is 15.2 Å². The summed E-state index contributed by atoms with van der Waals surface area (Å²) in [5.41, 5.74) is -0.289. The number of anilines is 1. The fourth-order valence-electron chi connectivity index (χ4n) is 1.25. The first kappa shape index (κ1) is 13.8. The summed E-state index contributed by atoms with van der Waals surface area (Å²) in [7, 11) is 1.63. The van der Waals surface area contributed by atoms with Gasteiger partial charge < -0.3 is 10.1 Å². The molecule has 0 unspecified atom stereocenters. The van der Waals surface area contributed by atoms with Crippen LogP contribution in [0.4, 0.5) is 5.82 Å². The third-order valence-electron chi connectivity index (χ3n) is 1.85. The van der Waals surface area contributed by atoms with E-state index >= 15 is 0 Å². The molecule has 0 radical (unpaired) electrons. The zero-order valence-corrected chi connectivity index (χ0v) is 11.5. The standard InChI is InChI=1S/C10H13Cl3N2O/c1-10(2,5-16-3)15-9-7(12)4-6(11)8(13)14-9/h4H,5H2,1-3H3,(H,14,15). The van der Waals surface area contributed by atoms with Crippen molar-refractivity contribution in [3.8, 4) is 0 Å². The molecule has 3 nitrogen and oxygen atoms in total. The van der Waals surface area contributed by atoms with Gasteiger partial charge in [-0.2, -0.15) is 0 Å². The van der Waals surface area contributed by atoms with Gasteiger partial charge in [-0.1, -0.05) is 34.8 Å². The number of ether oxygens (including phenoxy) is 1. The number of pyridine rings is 1. The second-order valence-electron chi connectivity index (χ2n) is 4.03. The maximum Gasteiger partial charge on any atom is 0.150 e. The summed E-state index contributed by atoms with van der Waals surface area (Å²) in [4.78, 5) is 4.07. The minimum absolute atomic E-state index is 0.224. The number of nitrogens with one attached hydrogen (secondary N) is 1. The molecule has 0 fully saturated rings. The monoisotopic (exact) mass is 282 g/mol. The predicted octanol–water partition coefficient (Wildman–Crippen LogP) is 3.88. The summed E-state index contributed by atoms with van der Waals surface area (Å²) in [5, 5.41) is 4.13. The Bertz CT molecular complexity index is 383. The molecular formula is C10H13Cl3N2O. The van der Waals surface area contributed by atoms with Crippen molar-refractivity contribution in [2.45, 2.75) is 19.4 Å². The number of nitrogens with zero attached hydrogens (tertiary/aromatic N) is 1. The first-order valence-electron chi connectivity index (χ1n) is 4.64. The topological polar surface area (TPSA) is 34.1 Å². The van der Waals surface area contributed by atoms with Gasteiger partial charge in [-0.05, 0) is 19.9 Å². The van der Waals surface area contributed by atoms with Crippen LogP contribution in [-0.4, -0.2) is 24.2 Å². The molecule has 0 spiro atoms. The highest BCUT2D eigenvalue weighted by Gasteiger charge is 2.20. The summed E-state index contributed by atoms with van der Waals surface area (Å²) in [6, 6.07) is 1.56. The minimum Gasteiger partial charge on any atom is -0.382 e. The van der Waals surface area contributed by atoms with Gasteiger partial charge >= 0.3 is 0 Å². The van der Waals surface area contributed by atoms with E-state index in [1.165, 1.54) is 0 Å². The van der Waals surface area contributed by atoms with Crippen LogP contribution in [0, 0.1) is 0 Å². The van der Waals surface area contributed by atoms with E-state index in [0.29, 0.717) is 22.5 Å². The Morgan fingerprint density at radius 2 is 1.94 bits per heavy atom. The lowest BCUT2D eigenvalue weighted by atomic mass is 10.1. The molecule has 0 aliphatic heterocycles. The quantitative estimate of drug-likeness (QED) is 0.852. The third-order valence-corrected chi connectivity index (χ3v) is 2.81. The van der Waals surface area contributed by atoms with Gasteiger partial charge in [0, 0.05) is 7.11 Å². The molecule has 0 saturated carbocycles. The lowest BCUT2D eigenvalue weighted by molar-refractivity contribution is 0.158. The Labute approximate surface area is 110 Å². The van der Waals surface area contributed by atoms with Gasteiger partial charge in [0.25, 0.3) is 0 Å². The van der Waals surface area contributed by atoms with Crippen LogP contribution in [0.25, 0.3) is 0 Å². The van der Waals surface area contributed by atoms with E-state index in [0.717, 1.165) is 0 Å². The van der Waals surface area contributed by atoms with E-state index in [9.17, 15) is 0 Å². The summed E-state index contributed by atoms with van der Waals surface area (Å²) in [5.74, 6) is 0.498. The van der Waals surface area contributed by atoms with Crippen molar-refractivity contribution >= 4 is 40.6 Å². The number of hydrogen-bond acceptors (Lipinski definition) is 3. The van der Waals surface area contributed by atoms with Gasteiger partial charge in [0.05, 0.1) is 22.2 Å². The number of aromatic nitrogens is 1. The fraction of sp³-hybridized carbons (Fsp3) is 0.500. The maximum absolute atomic E-state index is 6.00. The minimum atomic E-state index is -0.289. The van der Waals surface area contributed by atoms with Crippen LogP contribution in [0.5, 0.6) is 0 Å². The van der Waals surface area contributed by atoms with Crippen LogP contribution in [0.1, 0.15) is 13.8 Å². The zero-order chi connectivity index (χ0) is 12.3. The second-order valence-corrected chi connectivity index (χ2v) is 5.21. The molecule has 90 valence electrons. The summed E-state index contributed by atoms with van der Waals surface area (Å²) in [6.45, 7) is 4.46.